The summed E-state index contributed by atoms with van der Waals surface area (Å²) in [6, 6.07) is 0. The number of aliphatic carboxylic acids is 1. The molecule has 0 bridgehead atoms. The third kappa shape index (κ3) is 7.81. The van der Waals surface area contributed by atoms with Gasteiger partial charge in [-0.25, -0.2) is 8.42 Å². The number of carboxylic acids is 1. The lowest BCUT2D eigenvalue weighted by molar-refractivity contribution is -0.137. The molecule has 7 heteroatoms. The second-order valence-corrected chi connectivity index (χ2v) is 7.12. The minimum Gasteiger partial charge on any atom is -0.481 e. The molecule has 6 nitrogen and oxygen atoms in total. The van der Waals surface area contributed by atoms with Crippen LogP contribution in [0.5, 0.6) is 0 Å². The van der Waals surface area contributed by atoms with Gasteiger partial charge in [0.15, 0.2) is 9.84 Å². The third-order valence-electron chi connectivity index (χ3n) is 3.21. The molecule has 0 rings (SSSR count). The average Bonchev–Trinajstić information content (AvgIpc) is 2.30. The molecule has 112 valence electrons. The van der Waals surface area contributed by atoms with Gasteiger partial charge in [-0.05, 0) is 25.7 Å². The van der Waals surface area contributed by atoms with Crippen molar-refractivity contribution in [2.45, 2.75) is 44.8 Å². The molecule has 2 atom stereocenters. The zero-order valence-electron chi connectivity index (χ0n) is 11.7. The summed E-state index contributed by atoms with van der Waals surface area (Å²) < 4.78 is 22.4. The van der Waals surface area contributed by atoms with Crippen LogP contribution in [0.1, 0.15) is 39.5 Å². The van der Waals surface area contributed by atoms with Gasteiger partial charge < -0.3 is 10.4 Å². The Labute approximate surface area is 114 Å². The summed E-state index contributed by atoms with van der Waals surface area (Å²) >= 11 is 0. The van der Waals surface area contributed by atoms with Crippen LogP contribution in [0.25, 0.3) is 0 Å². The van der Waals surface area contributed by atoms with Crippen molar-refractivity contribution in [2.24, 2.45) is 5.92 Å². The van der Waals surface area contributed by atoms with E-state index in [2.05, 4.69) is 5.32 Å². The average molecular weight is 293 g/mol. The van der Waals surface area contributed by atoms with E-state index >= 15 is 0 Å². The normalized spacial score (nSPS) is 14.7. The molecule has 0 aliphatic rings. The van der Waals surface area contributed by atoms with Crippen molar-refractivity contribution >= 4 is 21.7 Å². The van der Waals surface area contributed by atoms with Gasteiger partial charge in [0, 0.05) is 19.2 Å². The highest BCUT2D eigenvalue weighted by atomic mass is 32.2. The molecule has 0 aromatic heterocycles. The second kappa shape index (κ2) is 8.14. The molecule has 0 radical (unpaired) electrons. The van der Waals surface area contributed by atoms with E-state index in [0.29, 0.717) is 19.4 Å². The van der Waals surface area contributed by atoms with Gasteiger partial charge >= 0.3 is 5.97 Å². The van der Waals surface area contributed by atoms with Crippen molar-refractivity contribution in [1.82, 2.24) is 5.32 Å². The van der Waals surface area contributed by atoms with E-state index in [1.807, 2.05) is 6.92 Å². The number of carbonyl (C=O) groups excluding carboxylic acids is 1. The predicted octanol–water partition coefficient (Wildman–Crippen LogP) is 0.817. The Morgan fingerprint density at radius 1 is 1.26 bits per heavy atom. The fourth-order valence-corrected chi connectivity index (χ4v) is 2.09. The Kier molecular flexibility index (Phi) is 7.66. The zero-order chi connectivity index (χ0) is 15.1. The van der Waals surface area contributed by atoms with Gasteiger partial charge in [0.1, 0.15) is 5.25 Å². The Balaban J connectivity index is 4.06. The first-order chi connectivity index (χ1) is 8.68. The lowest BCUT2D eigenvalue weighted by Gasteiger charge is -2.15. The molecule has 0 saturated heterocycles. The third-order valence-corrected chi connectivity index (χ3v) is 4.71. The first-order valence-electron chi connectivity index (χ1n) is 6.36. The Morgan fingerprint density at radius 2 is 1.84 bits per heavy atom. The van der Waals surface area contributed by atoms with E-state index in [-0.39, 0.29) is 12.3 Å². The van der Waals surface area contributed by atoms with E-state index < -0.39 is 27.0 Å². The van der Waals surface area contributed by atoms with Crippen molar-refractivity contribution in [2.75, 3.05) is 12.8 Å². The number of hydrogen-bond donors (Lipinski definition) is 2. The lowest BCUT2D eigenvalue weighted by Crippen LogP contribution is -2.38. The van der Waals surface area contributed by atoms with Crippen LogP contribution in [-0.4, -0.2) is 43.5 Å². The summed E-state index contributed by atoms with van der Waals surface area (Å²) in [5.41, 5.74) is 0. The molecule has 0 aromatic carbocycles. The smallest absolute Gasteiger partial charge is 0.303 e. The summed E-state index contributed by atoms with van der Waals surface area (Å²) in [7, 11) is -3.37. The van der Waals surface area contributed by atoms with Crippen LogP contribution in [0.3, 0.4) is 0 Å². The van der Waals surface area contributed by atoms with Crippen molar-refractivity contribution < 1.29 is 23.1 Å². The van der Waals surface area contributed by atoms with Crippen molar-refractivity contribution in [3.63, 3.8) is 0 Å². The molecule has 19 heavy (non-hydrogen) atoms. The Bertz CT molecular complexity index is 404. The lowest BCUT2D eigenvalue weighted by atomic mass is 9.97. The van der Waals surface area contributed by atoms with E-state index in [0.717, 1.165) is 12.7 Å². The first kappa shape index (κ1) is 17.9. The molecule has 2 N–H and O–H groups in total. The van der Waals surface area contributed by atoms with Gasteiger partial charge in [-0.15, -0.1) is 0 Å². The molecular formula is C12H23NO5S. The number of amides is 1. The first-order valence-corrected chi connectivity index (χ1v) is 8.32. The van der Waals surface area contributed by atoms with Crippen LogP contribution in [0.2, 0.25) is 0 Å². The SMILES string of the molecule is CCC(CCNC(=O)C(C)S(C)(=O)=O)CCC(=O)O. The fraction of sp³-hybridized carbons (Fsp3) is 0.833. The number of nitrogens with one attached hydrogen (secondary N) is 1. The van der Waals surface area contributed by atoms with E-state index in [1.54, 1.807) is 0 Å². The van der Waals surface area contributed by atoms with Crippen LogP contribution in [0, 0.1) is 5.92 Å². The van der Waals surface area contributed by atoms with Gasteiger partial charge in [0.25, 0.3) is 0 Å². The summed E-state index contributed by atoms with van der Waals surface area (Å²) in [6.45, 7) is 3.69. The number of carbonyl (C=O) groups is 2. The quantitative estimate of drug-likeness (QED) is 0.655. The summed E-state index contributed by atoms with van der Waals surface area (Å²) in [5, 5.41) is 10.1. The molecule has 0 heterocycles. The highest BCUT2D eigenvalue weighted by Crippen LogP contribution is 2.14. The van der Waals surface area contributed by atoms with Crippen LogP contribution < -0.4 is 5.32 Å². The largest absolute Gasteiger partial charge is 0.481 e. The molecule has 0 fully saturated rings. The predicted molar refractivity (Wildman–Crippen MR) is 72.6 cm³/mol. The van der Waals surface area contributed by atoms with Gasteiger partial charge in [-0.1, -0.05) is 13.3 Å². The van der Waals surface area contributed by atoms with Crippen LogP contribution in [0.15, 0.2) is 0 Å². The molecule has 0 aliphatic heterocycles. The summed E-state index contributed by atoms with van der Waals surface area (Å²) in [4.78, 5) is 22.0. The number of rotatable bonds is 9. The molecule has 2 unspecified atom stereocenters. The minimum absolute atomic E-state index is 0.117. The maximum absolute atomic E-state index is 11.5. The maximum atomic E-state index is 11.5. The number of carboxylic acid groups (broad SMARTS) is 1. The van der Waals surface area contributed by atoms with Gasteiger partial charge in [-0.2, -0.15) is 0 Å². The number of hydrogen-bond acceptors (Lipinski definition) is 4. The fourth-order valence-electron chi connectivity index (χ4n) is 1.62. The Morgan fingerprint density at radius 3 is 2.26 bits per heavy atom. The molecule has 0 saturated carbocycles. The van der Waals surface area contributed by atoms with Crippen LogP contribution in [0.4, 0.5) is 0 Å². The summed E-state index contributed by atoms with van der Waals surface area (Å²) in [5.74, 6) is -1.10. The molecule has 0 aromatic rings. The van der Waals surface area contributed by atoms with E-state index in [9.17, 15) is 18.0 Å². The van der Waals surface area contributed by atoms with Crippen LogP contribution in [-0.2, 0) is 19.4 Å². The number of sulfone groups is 1. The maximum Gasteiger partial charge on any atom is 0.303 e. The van der Waals surface area contributed by atoms with Gasteiger partial charge in [0.2, 0.25) is 5.91 Å². The zero-order valence-corrected chi connectivity index (χ0v) is 12.5. The van der Waals surface area contributed by atoms with E-state index in [4.69, 9.17) is 5.11 Å². The minimum atomic E-state index is -3.37. The molecule has 1 amide bonds. The highest BCUT2D eigenvalue weighted by molar-refractivity contribution is 7.92. The molecule has 0 aliphatic carbocycles. The standard InChI is InChI=1S/C12H23NO5S/c1-4-10(5-6-11(14)15)7-8-13-12(16)9(2)19(3,17)18/h9-10H,4-8H2,1-3H3,(H,13,16)(H,14,15). The topological polar surface area (TPSA) is 101 Å². The summed E-state index contributed by atoms with van der Waals surface area (Å²) in [6.07, 6.45) is 3.21. The monoisotopic (exact) mass is 293 g/mol. The Hall–Kier alpha value is -1.11. The molecule has 0 spiro atoms. The second-order valence-electron chi connectivity index (χ2n) is 4.76. The van der Waals surface area contributed by atoms with Gasteiger partial charge in [0.05, 0.1) is 0 Å². The van der Waals surface area contributed by atoms with Crippen molar-refractivity contribution in [3.8, 4) is 0 Å². The van der Waals surface area contributed by atoms with Gasteiger partial charge in [-0.3, -0.25) is 9.59 Å². The highest BCUT2D eigenvalue weighted by Gasteiger charge is 2.23. The van der Waals surface area contributed by atoms with Crippen molar-refractivity contribution in [3.05, 3.63) is 0 Å². The molecular weight excluding hydrogens is 270 g/mol. The van der Waals surface area contributed by atoms with Crippen molar-refractivity contribution in [1.29, 1.82) is 0 Å². The van der Waals surface area contributed by atoms with Crippen LogP contribution >= 0.6 is 0 Å². The van der Waals surface area contributed by atoms with E-state index in [1.165, 1.54) is 6.92 Å².